The standard InChI is InChI=1S/C31H38N6O2S/c1-23-24(2)32-31(33-29(23)36-15-13-34(14-16-36)21-26-7-5-4-6-8-26)40-22-27-9-11-28(12-10-27)30(39)37-19-17-35(18-20-37)25(3)38/h4-12H,13-22H2,1-3H3. The van der Waals surface area contributed by atoms with Gasteiger partial charge in [0.25, 0.3) is 5.91 Å². The summed E-state index contributed by atoms with van der Waals surface area (Å²) in [6.45, 7) is 13.0. The number of carbonyl (C=O) groups excluding carboxylic acids is 2. The maximum absolute atomic E-state index is 12.9. The van der Waals surface area contributed by atoms with Gasteiger partial charge in [-0.05, 0) is 37.1 Å². The lowest BCUT2D eigenvalue weighted by molar-refractivity contribution is -0.130. The Bertz CT molecular complexity index is 1320. The van der Waals surface area contributed by atoms with Gasteiger partial charge in [0.05, 0.1) is 0 Å². The maximum atomic E-state index is 12.9. The second kappa shape index (κ2) is 12.8. The number of piperazine rings is 2. The molecule has 1 aromatic heterocycles. The van der Waals surface area contributed by atoms with Gasteiger partial charge in [0.15, 0.2) is 5.16 Å². The third kappa shape index (κ3) is 6.82. The predicted molar refractivity (Wildman–Crippen MR) is 160 cm³/mol. The summed E-state index contributed by atoms with van der Waals surface area (Å²) in [5.41, 5.74) is 5.33. The highest BCUT2D eigenvalue weighted by atomic mass is 32.2. The molecule has 2 saturated heterocycles. The lowest BCUT2D eigenvalue weighted by Gasteiger charge is -2.36. The molecule has 0 aliphatic carbocycles. The van der Waals surface area contributed by atoms with Gasteiger partial charge in [0.1, 0.15) is 5.82 Å². The lowest BCUT2D eigenvalue weighted by Crippen LogP contribution is -2.50. The second-order valence-electron chi connectivity index (χ2n) is 10.6. The molecule has 0 bridgehead atoms. The molecule has 2 amide bonds. The van der Waals surface area contributed by atoms with Gasteiger partial charge in [-0.3, -0.25) is 14.5 Å². The maximum Gasteiger partial charge on any atom is 0.253 e. The molecule has 40 heavy (non-hydrogen) atoms. The number of anilines is 1. The first kappa shape index (κ1) is 28.1. The lowest BCUT2D eigenvalue weighted by atomic mass is 10.1. The smallest absolute Gasteiger partial charge is 0.253 e. The van der Waals surface area contributed by atoms with Crippen LogP contribution in [0.15, 0.2) is 59.8 Å². The topological polar surface area (TPSA) is 72.9 Å². The van der Waals surface area contributed by atoms with Crippen LogP contribution in [0, 0.1) is 13.8 Å². The van der Waals surface area contributed by atoms with Crippen LogP contribution in [0.25, 0.3) is 0 Å². The van der Waals surface area contributed by atoms with Crippen LogP contribution in [0.2, 0.25) is 0 Å². The molecule has 0 saturated carbocycles. The monoisotopic (exact) mass is 558 g/mol. The van der Waals surface area contributed by atoms with E-state index in [-0.39, 0.29) is 11.8 Å². The van der Waals surface area contributed by atoms with E-state index in [4.69, 9.17) is 9.97 Å². The zero-order valence-corrected chi connectivity index (χ0v) is 24.5. The van der Waals surface area contributed by atoms with Crippen molar-refractivity contribution in [3.8, 4) is 0 Å². The SMILES string of the molecule is CC(=O)N1CCN(C(=O)c2ccc(CSc3nc(C)c(C)c(N4CCN(Cc5ccccc5)CC4)n3)cc2)CC1. The van der Waals surface area contributed by atoms with E-state index >= 15 is 0 Å². The summed E-state index contributed by atoms with van der Waals surface area (Å²) in [6, 6.07) is 18.5. The Morgan fingerprint density at radius 1 is 0.775 bits per heavy atom. The first-order valence-corrected chi connectivity index (χ1v) is 15.0. The van der Waals surface area contributed by atoms with Crippen molar-refractivity contribution in [3.05, 3.63) is 82.5 Å². The van der Waals surface area contributed by atoms with E-state index in [2.05, 4.69) is 54.0 Å². The molecule has 0 N–H and O–H groups in total. The first-order chi connectivity index (χ1) is 19.4. The molecule has 2 aliphatic rings. The summed E-state index contributed by atoms with van der Waals surface area (Å²) >= 11 is 1.63. The van der Waals surface area contributed by atoms with Gasteiger partial charge >= 0.3 is 0 Å². The van der Waals surface area contributed by atoms with Gasteiger partial charge in [-0.2, -0.15) is 0 Å². The number of aromatic nitrogens is 2. The van der Waals surface area contributed by atoms with Crippen molar-refractivity contribution < 1.29 is 9.59 Å². The molecule has 210 valence electrons. The van der Waals surface area contributed by atoms with Crippen molar-refractivity contribution >= 4 is 29.4 Å². The minimum Gasteiger partial charge on any atom is -0.354 e. The Hall–Kier alpha value is -3.43. The van der Waals surface area contributed by atoms with Gasteiger partial charge in [-0.25, -0.2) is 9.97 Å². The third-order valence-electron chi connectivity index (χ3n) is 7.84. The highest BCUT2D eigenvalue weighted by Crippen LogP contribution is 2.27. The second-order valence-corrected chi connectivity index (χ2v) is 11.5. The molecule has 0 radical (unpaired) electrons. The quantitative estimate of drug-likeness (QED) is 0.321. The summed E-state index contributed by atoms with van der Waals surface area (Å²) in [4.78, 5) is 42.7. The molecule has 0 spiro atoms. The number of aryl methyl sites for hydroxylation is 1. The Balaban J connectivity index is 1.16. The zero-order chi connectivity index (χ0) is 28.1. The molecule has 0 atom stereocenters. The van der Waals surface area contributed by atoms with Crippen molar-refractivity contribution in [2.24, 2.45) is 0 Å². The highest BCUT2D eigenvalue weighted by Gasteiger charge is 2.24. The molecule has 2 aliphatic heterocycles. The highest BCUT2D eigenvalue weighted by molar-refractivity contribution is 7.98. The van der Waals surface area contributed by atoms with Crippen molar-refractivity contribution in [1.82, 2.24) is 24.7 Å². The van der Waals surface area contributed by atoms with Crippen molar-refractivity contribution in [2.75, 3.05) is 57.3 Å². The van der Waals surface area contributed by atoms with Gasteiger partial charge in [0, 0.05) is 88.4 Å². The normalized spacial score (nSPS) is 16.3. The molecular weight excluding hydrogens is 520 g/mol. The fourth-order valence-corrected chi connectivity index (χ4v) is 6.06. The zero-order valence-electron chi connectivity index (χ0n) is 23.7. The largest absolute Gasteiger partial charge is 0.354 e. The number of carbonyl (C=O) groups is 2. The van der Waals surface area contributed by atoms with Crippen molar-refractivity contribution in [1.29, 1.82) is 0 Å². The fraction of sp³-hybridized carbons (Fsp3) is 0.419. The molecule has 3 heterocycles. The Labute approximate surface area is 241 Å². The van der Waals surface area contributed by atoms with E-state index in [0.29, 0.717) is 31.7 Å². The summed E-state index contributed by atoms with van der Waals surface area (Å²) in [5.74, 6) is 1.86. The Kier molecular flexibility index (Phi) is 9.01. The van der Waals surface area contributed by atoms with Gasteiger partial charge in [0.2, 0.25) is 5.91 Å². The summed E-state index contributed by atoms with van der Waals surface area (Å²) in [5, 5.41) is 0.785. The van der Waals surface area contributed by atoms with E-state index < -0.39 is 0 Å². The number of rotatable bonds is 7. The molecule has 2 aromatic carbocycles. The fourth-order valence-electron chi connectivity index (χ4n) is 5.22. The molecule has 0 unspecified atom stereocenters. The molecule has 5 rings (SSSR count). The number of hydrogen-bond donors (Lipinski definition) is 0. The number of hydrogen-bond acceptors (Lipinski definition) is 7. The minimum absolute atomic E-state index is 0.0217. The molecule has 9 heteroatoms. The molecule has 3 aromatic rings. The summed E-state index contributed by atoms with van der Waals surface area (Å²) in [6.07, 6.45) is 0. The summed E-state index contributed by atoms with van der Waals surface area (Å²) in [7, 11) is 0. The number of amides is 2. The number of benzene rings is 2. The Morgan fingerprint density at radius 2 is 1.43 bits per heavy atom. The van der Waals surface area contributed by atoms with Crippen LogP contribution in [-0.4, -0.2) is 88.8 Å². The van der Waals surface area contributed by atoms with Crippen molar-refractivity contribution in [3.63, 3.8) is 0 Å². The van der Waals surface area contributed by atoms with Crippen LogP contribution in [0.4, 0.5) is 5.82 Å². The number of nitrogens with zero attached hydrogens (tertiary/aromatic N) is 6. The van der Waals surface area contributed by atoms with Crippen LogP contribution in [0.3, 0.4) is 0 Å². The van der Waals surface area contributed by atoms with Crippen LogP contribution < -0.4 is 4.90 Å². The van der Waals surface area contributed by atoms with E-state index in [9.17, 15) is 9.59 Å². The van der Waals surface area contributed by atoms with Crippen LogP contribution in [0.5, 0.6) is 0 Å². The average molecular weight is 559 g/mol. The van der Waals surface area contributed by atoms with E-state index in [0.717, 1.165) is 66.3 Å². The van der Waals surface area contributed by atoms with Gasteiger partial charge in [-0.1, -0.05) is 54.2 Å². The number of thioether (sulfide) groups is 1. The predicted octanol–water partition coefficient (Wildman–Crippen LogP) is 4.01. The minimum atomic E-state index is 0.0217. The molecule has 8 nitrogen and oxygen atoms in total. The first-order valence-electron chi connectivity index (χ1n) is 14.0. The molecule has 2 fully saturated rings. The van der Waals surface area contributed by atoms with E-state index in [1.807, 2.05) is 29.2 Å². The van der Waals surface area contributed by atoms with Gasteiger partial charge in [-0.15, -0.1) is 0 Å². The van der Waals surface area contributed by atoms with E-state index in [1.165, 1.54) is 5.56 Å². The molecular formula is C31H38N6O2S. The van der Waals surface area contributed by atoms with Crippen molar-refractivity contribution in [2.45, 2.75) is 38.2 Å². The summed E-state index contributed by atoms with van der Waals surface area (Å²) < 4.78 is 0. The Morgan fingerprint density at radius 3 is 2.08 bits per heavy atom. The third-order valence-corrected chi connectivity index (χ3v) is 8.76. The average Bonchev–Trinajstić information content (AvgIpc) is 2.98. The van der Waals surface area contributed by atoms with Gasteiger partial charge < -0.3 is 14.7 Å². The van der Waals surface area contributed by atoms with E-state index in [1.54, 1.807) is 23.6 Å². The van der Waals surface area contributed by atoms with Crippen LogP contribution in [-0.2, 0) is 17.1 Å². The van der Waals surface area contributed by atoms with Crippen LogP contribution in [0.1, 0.15) is 39.7 Å². The van der Waals surface area contributed by atoms with Crippen LogP contribution >= 0.6 is 11.8 Å².